The Kier molecular flexibility index (Phi) is 3.62. The Morgan fingerprint density at radius 1 is 1.24 bits per heavy atom. The summed E-state index contributed by atoms with van der Waals surface area (Å²) >= 11 is 0. The molecule has 1 aromatic rings. The van der Waals surface area contributed by atoms with E-state index in [-0.39, 0.29) is 5.54 Å². The van der Waals surface area contributed by atoms with E-state index in [9.17, 15) is 8.42 Å². The number of sulfonamides is 1. The third-order valence-electron chi connectivity index (χ3n) is 5.11. The summed E-state index contributed by atoms with van der Waals surface area (Å²) in [4.78, 5) is 2.79. The molecule has 0 aromatic carbocycles. The van der Waals surface area contributed by atoms with Gasteiger partial charge in [-0.05, 0) is 52.6 Å². The van der Waals surface area contributed by atoms with Crippen molar-refractivity contribution in [3.05, 3.63) is 11.4 Å². The minimum absolute atomic E-state index is 0.0527. The quantitative estimate of drug-likeness (QED) is 0.898. The van der Waals surface area contributed by atoms with E-state index in [1.54, 1.807) is 25.6 Å². The highest BCUT2D eigenvalue weighted by molar-refractivity contribution is 7.89. The summed E-state index contributed by atoms with van der Waals surface area (Å²) in [6.45, 7) is 6.27. The fraction of sp³-hybridized carbons (Fsp3) is 0.786. The van der Waals surface area contributed by atoms with Gasteiger partial charge in [-0.25, -0.2) is 13.1 Å². The first kappa shape index (κ1) is 15.0. The van der Waals surface area contributed by atoms with Crippen molar-refractivity contribution in [3.8, 4) is 0 Å². The lowest BCUT2D eigenvalue weighted by atomic mass is 9.95. The standard InChI is InChI=1S/C14H24N4O2S/c1-11-13(12(2)17(3)16-11)21(19,20)15-10-14-6-4-8-18(14)9-5-7-14/h15H,4-10H2,1-3H3. The molecule has 3 rings (SSSR count). The van der Waals surface area contributed by atoms with Gasteiger partial charge >= 0.3 is 0 Å². The number of hydrogen-bond acceptors (Lipinski definition) is 4. The molecule has 0 unspecified atom stereocenters. The van der Waals surface area contributed by atoms with E-state index in [0.717, 1.165) is 25.9 Å². The Labute approximate surface area is 126 Å². The largest absolute Gasteiger partial charge is 0.296 e. The average molecular weight is 312 g/mol. The molecule has 6 nitrogen and oxygen atoms in total. The molecule has 0 atom stereocenters. The monoisotopic (exact) mass is 312 g/mol. The van der Waals surface area contributed by atoms with Crippen molar-refractivity contribution in [3.63, 3.8) is 0 Å². The number of nitrogens with zero attached hydrogens (tertiary/aromatic N) is 3. The second kappa shape index (κ2) is 5.07. The van der Waals surface area contributed by atoms with E-state index in [0.29, 0.717) is 22.8 Å². The summed E-state index contributed by atoms with van der Waals surface area (Å²) in [5.74, 6) is 0. The molecule has 2 aliphatic rings. The third kappa shape index (κ3) is 2.41. The van der Waals surface area contributed by atoms with Crippen LogP contribution < -0.4 is 4.72 Å². The molecule has 0 radical (unpaired) electrons. The smallest absolute Gasteiger partial charge is 0.244 e. The van der Waals surface area contributed by atoms with Gasteiger partial charge in [0.25, 0.3) is 0 Å². The highest BCUT2D eigenvalue weighted by atomic mass is 32.2. The molecule has 0 bridgehead atoms. The van der Waals surface area contributed by atoms with Crippen molar-refractivity contribution in [2.24, 2.45) is 7.05 Å². The van der Waals surface area contributed by atoms with Gasteiger partial charge in [0.2, 0.25) is 10.0 Å². The normalized spacial score (nSPS) is 21.9. The van der Waals surface area contributed by atoms with Crippen LogP contribution in [0.5, 0.6) is 0 Å². The van der Waals surface area contributed by atoms with Crippen molar-refractivity contribution in [2.75, 3.05) is 19.6 Å². The van der Waals surface area contributed by atoms with Crippen LogP contribution in [0, 0.1) is 13.8 Å². The lowest BCUT2D eigenvalue weighted by Gasteiger charge is -2.32. The van der Waals surface area contributed by atoms with E-state index in [4.69, 9.17) is 0 Å². The summed E-state index contributed by atoms with van der Waals surface area (Å²) in [6, 6.07) is 0. The van der Waals surface area contributed by atoms with E-state index >= 15 is 0 Å². The van der Waals surface area contributed by atoms with Crippen molar-refractivity contribution >= 4 is 10.0 Å². The molecule has 118 valence electrons. The molecule has 0 saturated carbocycles. The van der Waals surface area contributed by atoms with Gasteiger partial charge in [0.1, 0.15) is 4.90 Å². The Morgan fingerprint density at radius 2 is 1.86 bits per heavy atom. The fourth-order valence-electron chi connectivity index (χ4n) is 3.96. The van der Waals surface area contributed by atoms with Crippen LogP contribution >= 0.6 is 0 Å². The highest BCUT2D eigenvalue weighted by Crippen LogP contribution is 2.38. The molecule has 1 aromatic heterocycles. The van der Waals surface area contributed by atoms with Gasteiger partial charge in [-0.1, -0.05) is 0 Å². The van der Waals surface area contributed by atoms with E-state index in [1.165, 1.54) is 12.8 Å². The van der Waals surface area contributed by atoms with Crippen LogP contribution in [0.4, 0.5) is 0 Å². The first-order valence-electron chi connectivity index (χ1n) is 7.61. The maximum absolute atomic E-state index is 12.6. The maximum atomic E-state index is 12.6. The maximum Gasteiger partial charge on any atom is 0.244 e. The number of rotatable bonds is 4. The molecular weight excluding hydrogens is 288 g/mol. The predicted octanol–water partition coefficient (Wildman–Crippen LogP) is 0.944. The minimum Gasteiger partial charge on any atom is -0.296 e. The summed E-state index contributed by atoms with van der Waals surface area (Å²) in [6.07, 6.45) is 4.54. The number of aryl methyl sites for hydroxylation is 2. The zero-order valence-electron chi connectivity index (χ0n) is 13.0. The molecule has 2 fully saturated rings. The van der Waals surface area contributed by atoms with Crippen LogP contribution in [0.1, 0.15) is 37.1 Å². The molecule has 2 aliphatic heterocycles. The summed E-state index contributed by atoms with van der Waals surface area (Å²) in [5.41, 5.74) is 1.30. The molecule has 0 spiro atoms. The Bertz CT molecular complexity index is 640. The lowest BCUT2D eigenvalue weighted by molar-refractivity contribution is 0.198. The summed E-state index contributed by atoms with van der Waals surface area (Å²) < 4.78 is 29.8. The molecule has 3 heterocycles. The zero-order valence-corrected chi connectivity index (χ0v) is 13.8. The van der Waals surface area contributed by atoms with Gasteiger partial charge in [0.15, 0.2) is 0 Å². The second-order valence-corrected chi connectivity index (χ2v) is 8.07. The second-order valence-electron chi connectivity index (χ2n) is 6.37. The zero-order chi connectivity index (χ0) is 15.3. The number of nitrogens with one attached hydrogen (secondary N) is 1. The van der Waals surface area contributed by atoms with Gasteiger partial charge < -0.3 is 0 Å². The third-order valence-corrected chi connectivity index (χ3v) is 6.77. The van der Waals surface area contributed by atoms with Gasteiger partial charge in [0, 0.05) is 19.1 Å². The molecule has 1 N–H and O–H groups in total. The summed E-state index contributed by atoms with van der Waals surface area (Å²) in [5, 5.41) is 4.21. The van der Waals surface area contributed by atoms with Crippen molar-refractivity contribution < 1.29 is 8.42 Å². The van der Waals surface area contributed by atoms with Crippen LogP contribution in [-0.4, -0.2) is 48.3 Å². The molecule has 21 heavy (non-hydrogen) atoms. The van der Waals surface area contributed by atoms with Crippen LogP contribution in [-0.2, 0) is 17.1 Å². The van der Waals surface area contributed by atoms with Gasteiger partial charge in [-0.15, -0.1) is 0 Å². The minimum atomic E-state index is -3.49. The van der Waals surface area contributed by atoms with E-state index in [2.05, 4.69) is 14.7 Å². The first-order chi connectivity index (χ1) is 9.86. The van der Waals surface area contributed by atoms with Crippen molar-refractivity contribution in [1.29, 1.82) is 0 Å². The first-order valence-corrected chi connectivity index (χ1v) is 9.09. The Hall–Kier alpha value is -0.920. The molecule has 0 amide bonds. The molecule has 7 heteroatoms. The SMILES string of the molecule is Cc1nn(C)c(C)c1S(=O)(=O)NCC12CCCN1CCC2. The Balaban J connectivity index is 1.81. The number of fused-ring (bicyclic) bond motifs is 1. The fourth-order valence-corrected chi connectivity index (χ4v) is 5.51. The molecule has 0 aliphatic carbocycles. The average Bonchev–Trinajstić information content (AvgIpc) is 3.01. The summed E-state index contributed by atoms with van der Waals surface area (Å²) in [7, 11) is -1.72. The topological polar surface area (TPSA) is 67.2 Å². The van der Waals surface area contributed by atoms with Gasteiger partial charge in [-0.3, -0.25) is 9.58 Å². The van der Waals surface area contributed by atoms with Gasteiger partial charge in [-0.2, -0.15) is 5.10 Å². The van der Waals surface area contributed by atoms with Crippen LogP contribution in [0.25, 0.3) is 0 Å². The van der Waals surface area contributed by atoms with Crippen LogP contribution in [0.2, 0.25) is 0 Å². The Morgan fingerprint density at radius 3 is 2.38 bits per heavy atom. The number of hydrogen-bond donors (Lipinski definition) is 1. The lowest BCUT2D eigenvalue weighted by Crippen LogP contribution is -2.48. The number of aromatic nitrogens is 2. The predicted molar refractivity (Wildman–Crippen MR) is 80.6 cm³/mol. The molecule has 2 saturated heterocycles. The molecular formula is C14H24N4O2S. The van der Waals surface area contributed by atoms with E-state index < -0.39 is 10.0 Å². The van der Waals surface area contributed by atoms with Crippen molar-refractivity contribution in [2.45, 2.75) is 50.0 Å². The van der Waals surface area contributed by atoms with Crippen LogP contribution in [0.15, 0.2) is 4.90 Å². The van der Waals surface area contributed by atoms with E-state index in [1.807, 2.05) is 0 Å². The van der Waals surface area contributed by atoms with Crippen molar-refractivity contribution in [1.82, 2.24) is 19.4 Å². The van der Waals surface area contributed by atoms with Crippen LogP contribution in [0.3, 0.4) is 0 Å². The van der Waals surface area contributed by atoms with Gasteiger partial charge in [0.05, 0.1) is 11.4 Å². The highest BCUT2D eigenvalue weighted by Gasteiger charge is 2.44.